The lowest BCUT2D eigenvalue weighted by Crippen LogP contribution is -2.29. The van der Waals surface area contributed by atoms with Crippen LogP contribution in [0.25, 0.3) is 0 Å². The van der Waals surface area contributed by atoms with Gasteiger partial charge in [0.2, 0.25) is 0 Å². The lowest BCUT2D eigenvalue weighted by molar-refractivity contribution is 0.356. The monoisotopic (exact) mass is 233 g/mol. The smallest absolute Gasteiger partial charge is 0.122 e. The summed E-state index contributed by atoms with van der Waals surface area (Å²) in [4.78, 5) is 0. The fraction of sp³-hybridized carbons (Fsp3) is 0.600. The minimum atomic E-state index is 0.327. The lowest BCUT2D eigenvalue weighted by Gasteiger charge is -2.23. The fourth-order valence-electron chi connectivity index (χ4n) is 2.05. The van der Waals surface area contributed by atoms with Crippen LogP contribution in [0, 0.1) is 5.41 Å². The Hall–Kier alpha value is -1.02. The van der Waals surface area contributed by atoms with E-state index in [0.29, 0.717) is 11.5 Å². The number of rotatable bonds is 3. The van der Waals surface area contributed by atoms with Crippen molar-refractivity contribution in [1.82, 2.24) is 5.32 Å². The second-order valence-electron chi connectivity index (χ2n) is 6.13. The first-order valence-electron chi connectivity index (χ1n) is 6.45. The van der Waals surface area contributed by atoms with Crippen molar-refractivity contribution in [2.75, 3.05) is 13.2 Å². The molecule has 0 radical (unpaired) electrons. The second-order valence-corrected chi connectivity index (χ2v) is 6.13. The molecule has 2 rings (SSSR count). The van der Waals surface area contributed by atoms with E-state index in [1.807, 2.05) is 0 Å². The molecule has 0 saturated heterocycles. The summed E-state index contributed by atoms with van der Waals surface area (Å²) in [6.07, 6.45) is 1.05. The predicted octanol–water partition coefficient (Wildman–Crippen LogP) is 3.32. The van der Waals surface area contributed by atoms with Crippen molar-refractivity contribution in [3.8, 4) is 5.75 Å². The first kappa shape index (κ1) is 12.4. The number of hydrogen-bond donors (Lipinski definition) is 1. The van der Waals surface area contributed by atoms with Gasteiger partial charge in [-0.25, -0.2) is 0 Å². The average molecular weight is 233 g/mol. The highest BCUT2D eigenvalue weighted by Crippen LogP contribution is 2.28. The van der Waals surface area contributed by atoms with E-state index in [1.54, 1.807) is 0 Å². The van der Waals surface area contributed by atoms with Gasteiger partial charge >= 0.3 is 0 Å². The Bertz CT molecular complexity index is 392. The van der Waals surface area contributed by atoms with Crippen LogP contribution < -0.4 is 10.1 Å². The molecule has 2 nitrogen and oxygen atoms in total. The molecular formula is C15H23NO. The molecule has 0 saturated carbocycles. The SMILES string of the molecule is CC(NCC(C)(C)C)c1ccc2c(c1)CCO2. The van der Waals surface area contributed by atoms with E-state index in [4.69, 9.17) is 4.74 Å². The third kappa shape index (κ3) is 3.22. The standard InChI is InChI=1S/C15H23NO/c1-11(16-10-15(2,3)4)12-5-6-14-13(9-12)7-8-17-14/h5-6,9,11,16H,7-8,10H2,1-4H3. The summed E-state index contributed by atoms with van der Waals surface area (Å²) in [7, 11) is 0. The maximum absolute atomic E-state index is 5.53. The number of nitrogens with one attached hydrogen (secondary N) is 1. The average Bonchev–Trinajstić information content (AvgIpc) is 2.71. The molecule has 1 atom stereocenters. The highest BCUT2D eigenvalue weighted by atomic mass is 16.5. The third-order valence-corrected chi connectivity index (χ3v) is 3.15. The molecule has 0 bridgehead atoms. The molecule has 1 N–H and O–H groups in total. The molecule has 1 aromatic rings. The minimum Gasteiger partial charge on any atom is -0.493 e. The van der Waals surface area contributed by atoms with Gasteiger partial charge in [0.1, 0.15) is 5.75 Å². The van der Waals surface area contributed by atoms with Crippen LogP contribution in [0.5, 0.6) is 5.75 Å². The Morgan fingerprint density at radius 1 is 1.35 bits per heavy atom. The van der Waals surface area contributed by atoms with E-state index < -0.39 is 0 Å². The molecule has 0 amide bonds. The highest BCUT2D eigenvalue weighted by molar-refractivity contribution is 5.40. The van der Waals surface area contributed by atoms with Gasteiger partial charge in [0.25, 0.3) is 0 Å². The summed E-state index contributed by atoms with van der Waals surface area (Å²) in [6.45, 7) is 10.9. The Morgan fingerprint density at radius 3 is 2.82 bits per heavy atom. The van der Waals surface area contributed by atoms with Gasteiger partial charge in [-0.2, -0.15) is 0 Å². The number of fused-ring (bicyclic) bond motifs is 1. The molecule has 1 aliphatic heterocycles. The summed E-state index contributed by atoms with van der Waals surface area (Å²) in [5.74, 6) is 1.07. The third-order valence-electron chi connectivity index (χ3n) is 3.15. The van der Waals surface area contributed by atoms with Gasteiger partial charge < -0.3 is 10.1 Å². The quantitative estimate of drug-likeness (QED) is 0.864. The van der Waals surface area contributed by atoms with Gasteiger partial charge in [-0.1, -0.05) is 32.9 Å². The zero-order valence-electron chi connectivity index (χ0n) is 11.3. The van der Waals surface area contributed by atoms with E-state index in [2.05, 4.69) is 51.2 Å². The molecule has 1 heterocycles. The summed E-state index contributed by atoms with van der Waals surface area (Å²) in [6, 6.07) is 6.96. The van der Waals surface area contributed by atoms with E-state index in [1.165, 1.54) is 11.1 Å². The van der Waals surface area contributed by atoms with Gasteiger partial charge in [0, 0.05) is 19.0 Å². The Morgan fingerprint density at radius 2 is 2.12 bits per heavy atom. The summed E-state index contributed by atoms with van der Waals surface area (Å²) >= 11 is 0. The first-order chi connectivity index (χ1) is 7.96. The molecule has 17 heavy (non-hydrogen) atoms. The minimum absolute atomic E-state index is 0.327. The summed E-state index contributed by atoms with van der Waals surface area (Å²) < 4.78 is 5.53. The molecule has 1 aromatic carbocycles. The molecule has 2 heteroatoms. The van der Waals surface area contributed by atoms with E-state index in [0.717, 1.165) is 25.3 Å². The molecule has 1 unspecified atom stereocenters. The molecule has 1 aliphatic rings. The number of ether oxygens (including phenoxy) is 1. The Labute approximate surface area is 104 Å². The summed E-state index contributed by atoms with van der Waals surface area (Å²) in [5.41, 5.74) is 3.04. The first-order valence-corrected chi connectivity index (χ1v) is 6.45. The van der Waals surface area contributed by atoms with Crippen molar-refractivity contribution < 1.29 is 4.74 Å². The van der Waals surface area contributed by atoms with Crippen molar-refractivity contribution in [2.24, 2.45) is 5.41 Å². The van der Waals surface area contributed by atoms with Crippen molar-refractivity contribution in [1.29, 1.82) is 0 Å². The van der Waals surface area contributed by atoms with E-state index in [9.17, 15) is 0 Å². The summed E-state index contributed by atoms with van der Waals surface area (Å²) in [5, 5.41) is 3.59. The Balaban J connectivity index is 2.02. The van der Waals surface area contributed by atoms with Crippen LogP contribution in [-0.2, 0) is 6.42 Å². The van der Waals surface area contributed by atoms with Crippen LogP contribution in [0.3, 0.4) is 0 Å². The fourth-order valence-corrected chi connectivity index (χ4v) is 2.05. The predicted molar refractivity (Wildman–Crippen MR) is 71.5 cm³/mol. The van der Waals surface area contributed by atoms with Gasteiger partial charge in [-0.3, -0.25) is 0 Å². The van der Waals surface area contributed by atoms with Crippen molar-refractivity contribution >= 4 is 0 Å². The molecule has 0 aromatic heterocycles. The van der Waals surface area contributed by atoms with Crippen LogP contribution in [0.1, 0.15) is 44.9 Å². The maximum Gasteiger partial charge on any atom is 0.122 e. The topological polar surface area (TPSA) is 21.3 Å². The molecule has 0 aliphatic carbocycles. The zero-order chi connectivity index (χ0) is 12.5. The normalized spacial score (nSPS) is 16.5. The molecule has 94 valence electrons. The number of hydrogen-bond acceptors (Lipinski definition) is 2. The number of benzene rings is 1. The van der Waals surface area contributed by atoms with Crippen LogP contribution in [0.15, 0.2) is 18.2 Å². The van der Waals surface area contributed by atoms with Crippen LogP contribution in [0.2, 0.25) is 0 Å². The van der Waals surface area contributed by atoms with Crippen molar-refractivity contribution in [3.05, 3.63) is 29.3 Å². The largest absolute Gasteiger partial charge is 0.493 e. The van der Waals surface area contributed by atoms with Crippen LogP contribution >= 0.6 is 0 Å². The molecular weight excluding hydrogens is 210 g/mol. The Kier molecular flexibility index (Phi) is 3.43. The van der Waals surface area contributed by atoms with E-state index in [-0.39, 0.29) is 0 Å². The van der Waals surface area contributed by atoms with Crippen LogP contribution in [-0.4, -0.2) is 13.2 Å². The van der Waals surface area contributed by atoms with Crippen LogP contribution in [0.4, 0.5) is 0 Å². The maximum atomic E-state index is 5.53. The van der Waals surface area contributed by atoms with Gasteiger partial charge in [0.15, 0.2) is 0 Å². The van der Waals surface area contributed by atoms with Gasteiger partial charge in [-0.15, -0.1) is 0 Å². The molecule has 0 spiro atoms. The van der Waals surface area contributed by atoms with Crippen molar-refractivity contribution in [3.63, 3.8) is 0 Å². The van der Waals surface area contributed by atoms with Crippen molar-refractivity contribution in [2.45, 2.75) is 40.2 Å². The van der Waals surface area contributed by atoms with E-state index >= 15 is 0 Å². The van der Waals surface area contributed by atoms with Gasteiger partial charge in [0.05, 0.1) is 6.61 Å². The van der Waals surface area contributed by atoms with Gasteiger partial charge in [-0.05, 0) is 29.5 Å². The molecule has 0 fully saturated rings. The zero-order valence-corrected chi connectivity index (χ0v) is 11.3. The lowest BCUT2D eigenvalue weighted by atomic mass is 9.95. The second kappa shape index (κ2) is 4.69. The highest BCUT2D eigenvalue weighted by Gasteiger charge is 2.16.